The second kappa shape index (κ2) is 10.2. The van der Waals surface area contributed by atoms with Crippen molar-refractivity contribution in [2.24, 2.45) is 0 Å². The molecule has 0 unspecified atom stereocenters. The van der Waals surface area contributed by atoms with Crippen LogP contribution in [-0.4, -0.2) is 48.6 Å². The van der Waals surface area contributed by atoms with Crippen molar-refractivity contribution in [2.45, 2.75) is 32.3 Å². The van der Waals surface area contributed by atoms with Gasteiger partial charge in [-0.05, 0) is 30.5 Å². The van der Waals surface area contributed by atoms with Crippen LogP contribution in [0.1, 0.15) is 37.8 Å². The Morgan fingerprint density at radius 3 is 2.00 bits per heavy atom. The summed E-state index contributed by atoms with van der Waals surface area (Å²) in [5.74, 6) is -0.0850. The fourth-order valence-corrected chi connectivity index (χ4v) is 3.84. The fraction of sp³-hybridized carbons (Fsp3) is 0.360. The molecule has 5 nitrogen and oxygen atoms in total. The van der Waals surface area contributed by atoms with Crippen molar-refractivity contribution in [3.05, 3.63) is 77.9 Å². The molecule has 30 heavy (non-hydrogen) atoms. The van der Waals surface area contributed by atoms with Crippen LogP contribution in [0.25, 0.3) is 5.57 Å². The van der Waals surface area contributed by atoms with E-state index in [-0.39, 0.29) is 5.78 Å². The summed E-state index contributed by atoms with van der Waals surface area (Å²) >= 11 is 0. The summed E-state index contributed by atoms with van der Waals surface area (Å²) in [5, 5.41) is 2.62. The van der Waals surface area contributed by atoms with Crippen LogP contribution in [0.3, 0.4) is 0 Å². The number of hydrogen-bond acceptors (Lipinski definition) is 4. The predicted molar refractivity (Wildman–Crippen MR) is 119 cm³/mol. The average Bonchev–Trinajstić information content (AvgIpc) is 2.76. The minimum Gasteiger partial charge on any atom is -0.435 e. The molecule has 1 amide bonds. The Hall–Kier alpha value is -2.92. The maximum Gasteiger partial charge on any atom is 0.408 e. The Balaban J connectivity index is 1.71. The van der Waals surface area contributed by atoms with Crippen LogP contribution in [0.5, 0.6) is 0 Å². The number of rotatable bonds is 7. The molecule has 1 aliphatic heterocycles. The largest absolute Gasteiger partial charge is 0.435 e. The number of ketones is 1. The third-order valence-electron chi connectivity index (χ3n) is 5.64. The molecule has 0 radical (unpaired) electrons. The SMILES string of the molecule is CCNC(=O)OC1(C(C)=O)CCN(CC=C(c2ccccc2)c2ccccc2)CC1. The minimum absolute atomic E-state index is 0.0850. The summed E-state index contributed by atoms with van der Waals surface area (Å²) in [6.45, 7) is 5.99. The molecule has 5 heteroatoms. The molecule has 0 aliphatic carbocycles. The van der Waals surface area contributed by atoms with Gasteiger partial charge in [0.25, 0.3) is 0 Å². The van der Waals surface area contributed by atoms with E-state index in [4.69, 9.17) is 4.74 Å². The Kier molecular flexibility index (Phi) is 7.41. The van der Waals surface area contributed by atoms with Crippen molar-refractivity contribution in [1.29, 1.82) is 0 Å². The molecule has 0 aromatic heterocycles. The molecule has 1 N–H and O–H groups in total. The third kappa shape index (κ3) is 5.36. The van der Waals surface area contributed by atoms with Crippen LogP contribution in [-0.2, 0) is 9.53 Å². The lowest BCUT2D eigenvalue weighted by molar-refractivity contribution is -0.140. The summed E-state index contributed by atoms with van der Waals surface area (Å²) in [7, 11) is 0. The topological polar surface area (TPSA) is 58.6 Å². The molecule has 1 heterocycles. The van der Waals surface area contributed by atoms with Crippen LogP contribution in [0.2, 0.25) is 0 Å². The van der Waals surface area contributed by atoms with Gasteiger partial charge in [0.1, 0.15) is 0 Å². The van der Waals surface area contributed by atoms with E-state index < -0.39 is 11.7 Å². The zero-order valence-electron chi connectivity index (χ0n) is 17.8. The van der Waals surface area contributed by atoms with Gasteiger partial charge in [0.15, 0.2) is 11.4 Å². The molecule has 0 bridgehead atoms. The molecule has 2 aromatic rings. The smallest absolute Gasteiger partial charge is 0.408 e. The van der Waals surface area contributed by atoms with Gasteiger partial charge in [-0.25, -0.2) is 4.79 Å². The van der Waals surface area contributed by atoms with Crippen molar-refractivity contribution in [1.82, 2.24) is 10.2 Å². The quantitative estimate of drug-likeness (QED) is 0.745. The molecular weight excluding hydrogens is 376 g/mol. The number of Topliss-reactive ketones (excluding diaryl/α,β-unsaturated/α-hetero) is 1. The standard InChI is InChI=1S/C25H30N2O3/c1-3-26-24(29)30-25(20(2)28)15-18-27(19-16-25)17-14-23(21-10-6-4-7-11-21)22-12-8-5-9-13-22/h4-14H,3,15-19H2,1-2H3,(H,26,29). The summed E-state index contributed by atoms with van der Waals surface area (Å²) in [4.78, 5) is 26.5. The second-order valence-electron chi connectivity index (χ2n) is 7.62. The highest BCUT2D eigenvalue weighted by atomic mass is 16.6. The number of benzene rings is 2. The van der Waals surface area contributed by atoms with E-state index in [1.165, 1.54) is 23.6 Å². The molecule has 1 fully saturated rings. The first-order valence-electron chi connectivity index (χ1n) is 10.6. The molecule has 0 spiro atoms. The van der Waals surface area contributed by atoms with Crippen molar-refractivity contribution in [3.63, 3.8) is 0 Å². The maximum absolute atomic E-state index is 12.3. The van der Waals surface area contributed by atoms with Crippen molar-refractivity contribution >= 4 is 17.4 Å². The van der Waals surface area contributed by atoms with Gasteiger partial charge in [0, 0.05) is 39.0 Å². The molecule has 3 rings (SSSR count). The highest BCUT2D eigenvalue weighted by molar-refractivity contribution is 5.87. The number of likely N-dealkylation sites (tertiary alicyclic amines) is 1. The number of carbonyl (C=O) groups excluding carboxylic acids is 2. The first-order chi connectivity index (χ1) is 14.5. The lowest BCUT2D eigenvalue weighted by Crippen LogP contribution is -2.52. The van der Waals surface area contributed by atoms with Crippen molar-refractivity contribution < 1.29 is 14.3 Å². The van der Waals surface area contributed by atoms with E-state index in [9.17, 15) is 9.59 Å². The predicted octanol–water partition coefficient (Wildman–Crippen LogP) is 4.29. The van der Waals surface area contributed by atoms with Gasteiger partial charge < -0.3 is 10.1 Å². The van der Waals surface area contributed by atoms with E-state index >= 15 is 0 Å². The highest BCUT2D eigenvalue weighted by Gasteiger charge is 2.42. The first-order valence-corrected chi connectivity index (χ1v) is 10.6. The Bertz CT molecular complexity index is 828. The second-order valence-corrected chi connectivity index (χ2v) is 7.62. The van der Waals surface area contributed by atoms with Crippen LogP contribution in [0.15, 0.2) is 66.7 Å². The lowest BCUT2D eigenvalue weighted by atomic mass is 9.87. The Morgan fingerprint density at radius 2 is 1.53 bits per heavy atom. The van der Waals surface area contributed by atoms with Gasteiger partial charge in [0.05, 0.1) is 0 Å². The van der Waals surface area contributed by atoms with Crippen molar-refractivity contribution in [3.8, 4) is 0 Å². The Labute approximate surface area is 178 Å². The number of nitrogens with one attached hydrogen (secondary N) is 1. The van der Waals surface area contributed by atoms with Crippen LogP contribution >= 0.6 is 0 Å². The van der Waals surface area contributed by atoms with E-state index in [2.05, 4.69) is 40.6 Å². The molecular formula is C25H30N2O3. The number of ether oxygens (including phenoxy) is 1. The zero-order chi connectivity index (χ0) is 21.4. The molecule has 1 aliphatic rings. The fourth-order valence-electron chi connectivity index (χ4n) is 3.84. The number of piperidine rings is 1. The third-order valence-corrected chi connectivity index (χ3v) is 5.64. The average molecular weight is 407 g/mol. The van der Waals surface area contributed by atoms with E-state index in [1.54, 1.807) is 0 Å². The van der Waals surface area contributed by atoms with Gasteiger partial charge in [-0.3, -0.25) is 9.69 Å². The number of carbonyl (C=O) groups is 2. The van der Waals surface area contributed by atoms with Gasteiger partial charge in [-0.15, -0.1) is 0 Å². The van der Waals surface area contributed by atoms with Crippen LogP contribution < -0.4 is 5.32 Å². The van der Waals surface area contributed by atoms with Gasteiger partial charge in [0.2, 0.25) is 0 Å². The molecule has 0 atom stereocenters. The first kappa shape index (κ1) is 21.8. The van der Waals surface area contributed by atoms with Gasteiger partial charge >= 0.3 is 6.09 Å². The molecule has 2 aromatic carbocycles. The summed E-state index contributed by atoms with van der Waals surface area (Å²) in [6.07, 6.45) is 2.76. The molecule has 0 saturated carbocycles. The Morgan fingerprint density at radius 1 is 1.00 bits per heavy atom. The monoisotopic (exact) mass is 406 g/mol. The normalized spacial score (nSPS) is 15.8. The maximum atomic E-state index is 12.3. The van der Waals surface area contributed by atoms with Gasteiger partial charge in [-0.2, -0.15) is 0 Å². The minimum atomic E-state index is -1.01. The lowest BCUT2D eigenvalue weighted by Gasteiger charge is -2.39. The van der Waals surface area contributed by atoms with E-state index in [0.717, 1.165) is 6.54 Å². The van der Waals surface area contributed by atoms with Gasteiger partial charge in [-0.1, -0.05) is 66.7 Å². The highest BCUT2D eigenvalue weighted by Crippen LogP contribution is 2.29. The molecule has 158 valence electrons. The van der Waals surface area contributed by atoms with E-state index in [1.807, 2.05) is 43.3 Å². The van der Waals surface area contributed by atoms with Crippen molar-refractivity contribution in [2.75, 3.05) is 26.2 Å². The summed E-state index contributed by atoms with van der Waals surface area (Å²) in [6, 6.07) is 20.7. The number of hydrogen-bond donors (Lipinski definition) is 1. The number of nitrogens with zero attached hydrogens (tertiary/aromatic N) is 1. The number of alkyl carbamates (subject to hydrolysis) is 1. The zero-order valence-corrected chi connectivity index (χ0v) is 17.8. The van der Waals surface area contributed by atoms with Crippen LogP contribution in [0, 0.1) is 0 Å². The number of amides is 1. The summed E-state index contributed by atoms with van der Waals surface area (Å²) in [5.41, 5.74) is 2.54. The molecule has 1 saturated heterocycles. The summed E-state index contributed by atoms with van der Waals surface area (Å²) < 4.78 is 5.55. The van der Waals surface area contributed by atoms with Crippen LogP contribution in [0.4, 0.5) is 4.79 Å². The van der Waals surface area contributed by atoms with E-state index in [0.29, 0.717) is 32.5 Å².